The van der Waals surface area contributed by atoms with E-state index in [9.17, 15) is 24.8 Å². The third-order valence-corrected chi connectivity index (χ3v) is 4.75. The highest BCUT2D eigenvalue weighted by Crippen LogP contribution is 2.41. The van der Waals surface area contributed by atoms with Crippen LogP contribution in [0.5, 0.6) is 0 Å². The first-order valence-electron chi connectivity index (χ1n) is 7.56. The molecule has 7 nitrogen and oxygen atoms in total. The maximum absolute atomic E-state index is 12.5. The van der Waals surface area contributed by atoms with E-state index in [0.29, 0.717) is 5.56 Å². The van der Waals surface area contributed by atoms with Crippen molar-refractivity contribution in [1.29, 1.82) is 0 Å². The zero-order valence-corrected chi connectivity index (χ0v) is 15.1. The number of hydrogen-bond donors (Lipinski definition) is 1. The van der Waals surface area contributed by atoms with E-state index < -0.39 is 22.7 Å². The van der Waals surface area contributed by atoms with E-state index >= 15 is 0 Å². The molecule has 0 aromatic heterocycles. The second-order valence-corrected chi connectivity index (χ2v) is 6.65. The summed E-state index contributed by atoms with van der Waals surface area (Å²) in [6, 6.07) is 11.3. The minimum Gasteiger partial charge on any atom is -0.507 e. The van der Waals surface area contributed by atoms with Gasteiger partial charge >= 0.3 is 0 Å². The van der Waals surface area contributed by atoms with E-state index in [1.54, 1.807) is 30.3 Å². The van der Waals surface area contributed by atoms with Crippen LogP contribution in [0.1, 0.15) is 17.2 Å². The first-order valence-corrected chi connectivity index (χ1v) is 8.36. The molecule has 2 aromatic rings. The van der Waals surface area contributed by atoms with Gasteiger partial charge < -0.3 is 10.0 Å². The highest BCUT2D eigenvalue weighted by Gasteiger charge is 2.46. The molecule has 1 fully saturated rings. The van der Waals surface area contributed by atoms with Crippen LogP contribution in [-0.4, -0.2) is 33.7 Å². The van der Waals surface area contributed by atoms with Crippen LogP contribution < -0.4 is 0 Å². The predicted octanol–water partition coefficient (Wildman–Crippen LogP) is 3.41. The Hall–Kier alpha value is -3.00. The number of ketones is 1. The number of nitrogens with zero attached hydrogens (tertiary/aromatic N) is 2. The molecule has 26 heavy (non-hydrogen) atoms. The fourth-order valence-electron chi connectivity index (χ4n) is 2.96. The Kier molecular flexibility index (Phi) is 4.60. The fourth-order valence-corrected chi connectivity index (χ4v) is 3.22. The molecule has 0 bridgehead atoms. The third-order valence-electron chi connectivity index (χ3n) is 4.22. The van der Waals surface area contributed by atoms with E-state index in [1.165, 1.54) is 25.2 Å². The number of amides is 1. The molecule has 1 N–H and O–H groups in total. The molecule has 8 heteroatoms. The predicted molar refractivity (Wildman–Crippen MR) is 97.3 cm³/mol. The summed E-state index contributed by atoms with van der Waals surface area (Å²) < 4.78 is 0.778. The molecular formula is C18H13BrN2O5. The van der Waals surface area contributed by atoms with Crippen LogP contribution in [0.25, 0.3) is 5.76 Å². The third kappa shape index (κ3) is 2.88. The van der Waals surface area contributed by atoms with E-state index in [4.69, 9.17) is 0 Å². The molecule has 0 radical (unpaired) electrons. The molecule has 1 aliphatic rings. The average molecular weight is 417 g/mol. The molecule has 2 aromatic carbocycles. The normalized spacial score (nSPS) is 19.0. The van der Waals surface area contributed by atoms with Crippen LogP contribution in [0.2, 0.25) is 0 Å². The van der Waals surface area contributed by atoms with Gasteiger partial charge in [0.05, 0.1) is 22.1 Å². The number of carbonyl (C=O) groups excluding carboxylic acids is 2. The lowest BCUT2D eigenvalue weighted by atomic mass is 9.94. The average Bonchev–Trinajstić information content (AvgIpc) is 2.85. The number of aliphatic hydroxyl groups excluding tert-OH is 1. The number of nitro groups is 1. The van der Waals surface area contributed by atoms with Crippen LogP contribution in [0.4, 0.5) is 5.69 Å². The molecule has 1 atom stereocenters. The van der Waals surface area contributed by atoms with Gasteiger partial charge in [-0.25, -0.2) is 0 Å². The van der Waals surface area contributed by atoms with Crippen LogP contribution in [-0.2, 0) is 9.59 Å². The molecule has 1 unspecified atom stereocenters. The van der Waals surface area contributed by atoms with Crippen molar-refractivity contribution in [3.63, 3.8) is 0 Å². The molecule has 3 rings (SSSR count). The summed E-state index contributed by atoms with van der Waals surface area (Å²) >= 11 is 3.28. The lowest BCUT2D eigenvalue weighted by Gasteiger charge is -2.20. The molecule has 1 aliphatic heterocycles. The van der Waals surface area contributed by atoms with Gasteiger partial charge in [0.1, 0.15) is 5.76 Å². The van der Waals surface area contributed by atoms with Gasteiger partial charge in [-0.2, -0.15) is 0 Å². The Bertz CT molecular complexity index is 952. The summed E-state index contributed by atoms with van der Waals surface area (Å²) in [5.74, 6) is -2.08. The van der Waals surface area contributed by atoms with Crippen molar-refractivity contribution in [2.75, 3.05) is 7.05 Å². The number of halogens is 1. The number of benzene rings is 2. The quantitative estimate of drug-likeness (QED) is 0.271. The fraction of sp³-hybridized carbons (Fsp3) is 0.111. The monoisotopic (exact) mass is 416 g/mol. The summed E-state index contributed by atoms with van der Waals surface area (Å²) in [6.45, 7) is 0. The van der Waals surface area contributed by atoms with Gasteiger partial charge in [-0.05, 0) is 18.2 Å². The number of carbonyl (C=O) groups is 2. The summed E-state index contributed by atoms with van der Waals surface area (Å²) in [5, 5.41) is 22.0. The van der Waals surface area contributed by atoms with Crippen LogP contribution in [0, 0.1) is 10.1 Å². The Morgan fingerprint density at radius 2 is 1.77 bits per heavy atom. The molecule has 1 amide bonds. The first-order chi connectivity index (χ1) is 12.3. The summed E-state index contributed by atoms with van der Waals surface area (Å²) in [7, 11) is 1.38. The second kappa shape index (κ2) is 6.72. The van der Waals surface area contributed by atoms with Crippen LogP contribution in [0.3, 0.4) is 0 Å². The van der Waals surface area contributed by atoms with Gasteiger partial charge in [-0.1, -0.05) is 40.2 Å². The summed E-state index contributed by atoms with van der Waals surface area (Å²) in [5.41, 5.74) is 0.100. The van der Waals surface area contributed by atoms with Gasteiger partial charge in [0.25, 0.3) is 17.4 Å². The second-order valence-electron chi connectivity index (χ2n) is 5.73. The molecule has 1 heterocycles. The van der Waals surface area contributed by atoms with Crippen molar-refractivity contribution >= 4 is 39.1 Å². The number of likely N-dealkylation sites (N-methyl/N-ethyl adjacent to an activating group) is 1. The van der Waals surface area contributed by atoms with Crippen molar-refractivity contribution in [1.82, 2.24) is 4.90 Å². The van der Waals surface area contributed by atoms with Gasteiger partial charge in [0.15, 0.2) is 0 Å². The van der Waals surface area contributed by atoms with Crippen molar-refractivity contribution in [3.8, 4) is 0 Å². The number of hydrogen-bond acceptors (Lipinski definition) is 5. The van der Waals surface area contributed by atoms with E-state index in [2.05, 4.69) is 15.9 Å². The van der Waals surface area contributed by atoms with Crippen molar-refractivity contribution < 1.29 is 19.6 Å². The van der Waals surface area contributed by atoms with Crippen molar-refractivity contribution in [2.24, 2.45) is 0 Å². The Morgan fingerprint density at radius 3 is 2.38 bits per heavy atom. The molecule has 1 saturated heterocycles. The van der Waals surface area contributed by atoms with Crippen molar-refractivity contribution in [3.05, 3.63) is 79.8 Å². The first kappa shape index (κ1) is 17.8. The molecule has 0 aliphatic carbocycles. The zero-order chi connectivity index (χ0) is 19.0. The standard InChI is InChI=1S/C18H13BrN2O5/c1-20-15(12-4-2-3-5-13(12)21(25)26)14(17(23)18(20)24)16(22)10-6-8-11(19)9-7-10/h2-9,15,22H,1H3. The minimum absolute atomic E-state index is 0.165. The zero-order valence-electron chi connectivity index (χ0n) is 13.5. The number of aliphatic hydroxyl groups is 1. The summed E-state index contributed by atoms with van der Waals surface area (Å²) in [4.78, 5) is 36.6. The van der Waals surface area contributed by atoms with E-state index in [1.807, 2.05) is 0 Å². The van der Waals surface area contributed by atoms with Gasteiger partial charge in [-0.15, -0.1) is 0 Å². The lowest BCUT2D eigenvalue weighted by molar-refractivity contribution is -0.385. The molecule has 132 valence electrons. The highest BCUT2D eigenvalue weighted by atomic mass is 79.9. The minimum atomic E-state index is -1.04. The molecule has 0 saturated carbocycles. The van der Waals surface area contributed by atoms with Crippen molar-refractivity contribution in [2.45, 2.75) is 6.04 Å². The van der Waals surface area contributed by atoms with E-state index in [0.717, 1.165) is 9.37 Å². The number of nitro benzene ring substituents is 1. The van der Waals surface area contributed by atoms with Crippen LogP contribution in [0.15, 0.2) is 58.6 Å². The van der Waals surface area contributed by atoms with Crippen LogP contribution >= 0.6 is 15.9 Å². The SMILES string of the molecule is CN1C(=O)C(=O)C(=C(O)c2ccc(Br)cc2)C1c1ccccc1[N+](=O)[O-]. The molecule has 0 spiro atoms. The Labute approximate surface area is 156 Å². The largest absolute Gasteiger partial charge is 0.507 e. The van der Waals surface area contributed by atoms with Gasteiger partial charge in [0.2, 0.25) is 0 Å². The molecular weight excluding hydrogens is 404 g/mol. The summed E-state index contributed by atoms with van der Waals surface area (Å²) in [6.07, 6.45) is 0. The highest BCUT2D eigenvalue weighted by molar-refractivity contribution is 9.10. The van der Waals surface area contributed by atoms with E-state index in [-0.39, 0.29) is 22.6 Å². The number of Topliss-reactive ketones (excluding diaryl/α,β-unsaturated/α-hetero) is 1. The van der Waals surface area contributed by atoms with Gasteiger partial charge in [-0.3, -0.25) is 19.7 Å². The number of likely N-dealkylation sites (tertiary alicyclic amines) is 1. The van der Waals surface area contributed by atoms with Gasteiger partial charge in [0, 0.05) is 23.2 Å². The topological polar surface area (TPSA) is 101 Å². The number of rotatable bonds is 3. The maximum atomic E-state index is 12.5. The maximum Gasteiger partial charge on any atom is 0.295 e. The Balaban J connectivity index is 2.24. The number of para-hydroxylation sites is 1. The lowest BCUT2D eigenvalue weighted by Crippen LogP contribution is -2.25. The Morgan fingerprint density at radius 1 is 1.15 bits per heavy atom. The smallest absolute Gasteiger partial charge is 0.295 e.